The maximum Gasteiger partial charge on any atom is 0.143 e. The summed E-state index contributed by atoms with van der Waals surface area (Å²) in [5, 5.41) is 8.88. The molecule has 17 aromatic rings. The van der Waals surface area contributed by atoms with E-state index in [4.69, 9.17) is 17.7 Å². The molecule has 0 N–H and O–H groups in total. The topological polar surface area (TPSA) is 55.8 Å². The van der Waals surface area contributed by atoms with Crippen LogP contribution in [0.5, 0.6) is 0 Å². The third-order valence-corrected chi connectivity index (χ3v) is 17.9. The van der Waals surface area contributed by atoms with E-state index < -0.39 is 0 Å². The number of nitrogens with zero attached hydrogens (tertiary/aromatic N) is 1. The van der Waals surface area contributed by atoms with Gasteiger partial charge in [0.05, 0.1) is 0 Å². The molecule has 17 rings (SSSR count). The lowest BCUT2D eigenvalue weighted by atomic mass is 9.88. The Labute approximate surface area is 502 Å². The third kappa shape index (κ3) is 8.30. The Kier molecular flexibility index (Phi) is 11.8. The first kappa shape index (κ1) is 50.4. The first-order valence-corrected chi connectivity index (χ1v) is 30.1. The predicted octanol–water partition coefficient (Wildman–Crippen LogP) is 23.9. The molecule has 0 amide bonds. The molecule has 0 atom stereocenters. The largest absolute Gasteiger partial charge is 0.455 e. The van der Waals surface area contributed by atoms with E-state index >= 15 is 0 Å². The van der Waals surface area contributed by atoms with Crippen LogP contribution in [0.2, 0.25) is 0 Å². The Balaban J connectivity index is 0.797. The Bertz CT molecular complexity index is 5270. The summed E-state index contributed by atoms with van der Waals surface area (Å²) in [4.78, 5) is 2.38. The van der Waals surface area contributed by atoms with Crippen LogP contribution in [0, 0.1) is 0 Å². The van der Waals surface area contributed by atoms with E-state index in [1.807, 2.05) is 36.4 Å². The van der Waals surface area contributed by atoms with Crippen molar-refractivity contribution in [2.24, 2.45) is 0 Å². The molecule has 87 heavy (non-hydrogen) atoms. The number of fused-ring (bicyclic) bond motifs is 12. The van der Waals surface area contributed by atoms with Gasteiger partial charge in [0.1, 0.15) is 44.7 Å². The normalized spacial score (nSPS) is 11.9. The lowest BCUT2D eigenvalue weighted by molar-refractivity contribution is 0.669. The van der Waals surface area contributed by atoms with E-state index in [0.29, 0.717) is 0 Å². The molecule has 0 saturated heterocycles. The molecule has 0 spiro atoms. The quantitative estimate of drug-likeness (QED) is 0.129. The fourth-order valence-electron chi connectivity index (χ4n) is 13.6. The van der Waals surface area contributed by atoms with E-state index in [1.54, 1.807) is 0 Å². The van der Waals surface area contributed by atoms with Crippen molar-refractivity contribution in [3.63, 3.8) is 0 Å². The monoisotopic (exact) mass is 1120 g/mol. The zero-order valence-corrected chi connectivity index (χ0v) is 48.0. The molecule has 13 aromatic carbocycles. The molecule has 0 aliphatic carbocycles. The number of furan rings is 4. The van der Waals surface area contributed by atoms with Crippen LogP contribution in [-0.2, 0) is 12.8 Å². The van der Waals surface area contributed by atoms with Gasteiger partial charge >= 0.3 is 0 Å². The van der Waals surface area contributed by atoms with Gasteiger partial charge in [-0.25, -0.2) is 0 Å². The Morgan fingerprint density at radius 2 is 0.575 bits per heavy atom. The van der Waals surface area contributed by atoms with Crippen molar-refractivity contribution in [3.8, 4) is 66.8 Å². The van der Waals surface area contributed by atoms with Gasteiger partial charge < -0.3 is 22.6 Å². The number of rotatable bonds is 11. The molecule has 0 bridgehead atoms. The number of aryl methyl sites for hydroxylation is 2. The van der Waals surface area contributed by atoms with Gasteiger partial charge in [0.2, 0.25) is 0 Å². The average molecular weight is 1120 g/mol. The summed E-state index contributed by atoms with van der Waals surface area (Å²) >= 11 is 0. The van der Waals surface area contributed by atoms with Crippen LogP contribution in [0.4, 0.5) is 17.1 Å². The van der Waals surface area contributed by atoms with Crippen molar-refractivity contribution in [2.45, 2.75) is 26.7 Å². The summed E-state index contributed by atoms with van der Waals surface area (Å²) in [6, 6.07) is 98.0. The van der Waals surface area contributed by atoms with E-state index in [2.05, 4.69) is 255 Å². The predicted molar refractivity (Wildman–Crippen MR) is 362 cm³/mol. The summed E-state index contributed by atoms with van der Waals surface area (Å²) < 4.78 is 26.5. The maximum atomic E-state index is 6.72. The maximum absolute atomic E-state index is 6.72. The van der Waals surface area contributed by atoms with Crippen LogP contribution in [0.1, 0.15) is 25.0 Å². The number of anilines is 3. The summed E-state index contributed by atoms with van der Waals surface area (Å²) in [6.07, 6.45) is 1.70. The second kappa shape index (κ2) is 20.3. The first-order chi connectivity index (χ1) is 43.0. The highest BCUT2D eigenvalue weighted by molar-refractivity contribution is 6.13. The minimum absolute atomic E-state index is 0.827. The van der Waals surface area contributed by atoms with Gasteiger partial charge in [-0.15, -0.1) is 0 Å². The molecule has 0 saturated carbocycles. The summed E-state index contributed by atoms with van der Waals surface area (Å²) in [5.41, 5.74) is 26.0. The second-order valence-electron chi connectivity index (χ2n) is 22.8. The summed E-state index contributed by atoms with van der Waals surface area (Å²) in [6.45, 7) is 4.54. The van der Waals surface area contributed by atoms with E-state index in [0.717, 1.165) is 173 Å². The third-order valence-electron chi connectivity index (χ3n) is 17.9. The molecular weight excluding hydrogens is 1060 g/mol. The van der Waals surface area contributed by atoms with Gasteiger partial charge in [0.15, 0.2) is 0 Å². The van der Waals surface area contributed by atoms with Crippen LogP contribution in [-0.4, -0.2) is 0 Å². The van der Waals surface area contributed by atoms with Crippen molar-refractivity contribution in [2.75, 3.05) is 4.90 Å². The first-order valence-electron chi connectivity index (χ1n) is 30.1. The number of hydrogen-bond donors (Lipinski definition) is 0. The average Bonchev–Trinajstić information content (AvgIpc) is 4.37. The number of benzene rings is 13. The van der Waals surface area contributed by atoms with Gasteiger partial charge in [-0.1, -0.05) is 202 Å². The van der Waals surface area contributed by atoms with Crippen LogP contribution in [0.15, 0.2) is 291 Å². The zero-order chi connectivity index (χ0) is 57.7. The van der Waals surface area contributed by atoms with Gasteiger partial charge in [-0.05, 0) is 153 Å². The van der Waals surface area contributed by atoms with Crippen molar-refractivity contribution in [3.05, 3.63) is 284 Å². The fraction of sp³-hybridized carbons (Fsp3) is 0.0488. The summed E-state index contributed by atoms with van der Waals surface area (Å²) in [7, 11) is 0. The van der Waals surface area contributed by atoms with E-state index in [9.17, 15) is 0 Å². The highest BCUT2D eigenvalue weighted by atomic mass is 16.3. The highest BCUT2D eigenvalue weighted by Crippen LogP contribution is 2.46. The number of para-hydroxylation sites is 8. The van der Waals surface area contributed by atoms with Crippen LogP contribution in [0.25, 0.3) is 155 Å². The molecule has 0 aliphatic heterocycles. The molecule has 4 aromatic heterocycles. The van der Waals surface area contributed by atoms with E-state index in [1.165, 1.54) is 22.3 Å². The van der Waals surface area contributed by atoms with Crippen LogP contribution in [0.3, 0.4) is 0 Å². The van der Waals surface area contributed by atoms with Crippen LogP contribution < -0.4 is 4.90 Å². The second-order valence-corrected chi connectivity index (χ2v) is 22.8. The minimum Gasteiger partial charge on any atom is -0.455 e. The molecule has 0 aliphatic rings. The minimum atomic E-state index is 0.827. The van der Waals surface area contributed by atoms with Crippen molar-refractivity contribution in [1.82, 2.24) is 0 Å². The Hall–Kier alpha value is -11.1. The molecule has 5 nitrogen and oxygen atoms in total. The van der Waals surface area contributed by atoms with Crippen molar-refractivity contribution in [1.29, 1.82) is 0 Å². The molecule has 412 valence electrons. The Morgan fingerprint density at radius 1 is 0.230 bits per heavy atom. The highest BCUT2D eigenvalue weighted by Gasteiger charge is 2.22. The van der Waals surface area contributed by atoms with E-state index in [-0.39, 0.29) is 0 Å². The summed E-state index contributed by atoms with van der Waals surface area (Å²) in [5.74, 6) is 0. The fourth-order valence-corrected chi connectivity index (χ4v) is 13.6. The van der Waals surface area contributed by atoms with Gasteiger partial charge in [0.25, 0.3) is 0 Å². The van der Waals surface area contributed by atoms with Crippen molar-refractivity contribution >= 4 is 105 Å². The zero-order valence-electron chi connectivity index (χ0n) is 48.0. The van der Waals surface area contributed by atoms with Gasteiger partial charge in [0, 0.05) is 82.4 Å². The molecule has 5 heteroatoms. The number of hydrogen-bond acceptors (Lipinski definition) is 5. The molecule has 0 radical (unpaired) electrons. The SMILES string of the molecule is CCc1cc(N(c2ccc(-c3cccc4c3oc3ccccc34)cc2)c2ccc(-c3cccc4c3oc3ccccc34)cc2)ccc1-c1cc(-c2cc(-c3cccc4c3oc3ccccc34)cc(-c3cccc4c3oc3ccccc34)c2)ccc1CC. The standard InChI is InChI=1S/C82H55NO4/c1-3-50-33-34-54(55-45-56(64-23-15-27-72-68-19-7-11-31-77(68)86-81(64)72)47-57(46-55)65-24-16-28-73-69-20-8-12-32-78(69)87-82(65)73)49-74(50)61-44-43-60(48-51(61)4-2)83(58-39-35-52(36-40-58)62-21-13-25-70-66-17-5-9-29-75(66)84-79(62)70)59-41-37-53(38-42-59)63-22-14-26-71-67-18-6-10-30-76(67)85-80(63)71/h5-49H,3-4H2,1-2H3. The van der Waals surface area contributed by atoms with Gasteiger partial charge in [-0.3, -0.25) is 0 Å². The van der Waals surface area contributed by atoms with Crippen molar-refractivity contribution < 1.29 is 17.7 Å². The molecular formula is C82H55NO4. The van der Waals surface area contributed by atoms with Gasteiger partial charge in [-0.2, -0.15) is 0 Å². The smallest absolute Gasteiger partial charge is 0.143 e. The molecule has 0 fully saturated rings. The van der Waals surface area contributed by atoms with Crippen LogP contribution >= 0.6 is 0 Å². The Morgan fingerprint density at radius 3 is 0.977 bits per heavy atom. The lowest BCUT2D eigenvalue weighted by Crippen LogP contribution is -2.10. The molecule has 0 unspecified atom stereocenters. The lowest BCUT2D eigenvalue weighted by Gasteiger charge is -2.27. The molecule has 4 heterocycles.